The Labute approximate surface area is 129 Å². The Morgan fingerprint density at radius 3 is 2.59 bits per heavy atom. The summed E-state index contributed by atoms with van der Waals surface area (Å²) in [5.74, 6) is 0. The van der Waals surface area contributed by atoms with Gasteiger partial charge >= 0.3 is 6.03 Å². The smallest absolute Gasteiger partial charge is 0.319 e. The lowest BCUT2D eigenvalue weighted by Crippen LogP contribution is -2.31. The fourth-order valence-corrected chi connectivity index (χ4v) is 2.53. The van der Waals surface area contributed by atoms with Crippen LogP contribution < -0.4 is 10.6 Å². The van der Waals surface area contributed by atoms with Crippen LogP contribution >= 0.6 is 0 Å². The monoisotopic (exact) mass is 293 g/mol. The van der Waals surface area contributed by atoms with Gasteiger partial charge in [-0.05, 0) is 37.6 Å². The number of para-hydroxylation sites is 1. The lowest BCUT2D eigenvalue weighted by atomic mass is 10.1. The van der Waals surface area contributed by atoms with Crippen molar-refractivity contribution in [2.24, 2.45) is 0 Å². The predicted molar refractivity (Wildman–Crippen MR) is 90.0 cm³/mol. The van der Waals surface area contributed by atoms with Crippen LogP contribution in [0.2, 0.25) is 0 Å². The second-order valence-electron chi connectivity index (χ2n) is 5.48. The Kier molecular flexibility index (Phi) is 3.83. The average molecular weight is 293 g/mol. The van der Waals surface area contributed by atoms with E-state index in [1.807, 2.05) is 62.5 Å². The summed E-state index contributed by atoms with van der Waals surface area (Å²) >= 11 is 0. The van der Waals surface area contributed by atoms with E-state index in [9.17, 15) is 4.79 Å². The summed E-state index contributed by atoms with van der Waals surface area (Å²) in [5, 5.41) is 6.95. The number of urea groups is 1. The molecule has 0 bridgehead atoms. The van der Waals surface area contributed by atoms with Crippen molar-refractivity contribution in [3.63, 3.8) is 0 Å². The fraction of sp³-hybridized carbons (Fsp3) is 0.167. The van der Waals surface area contributed by atoms with Gasteiger partial charge < -0.3 is 15.6 Å². The molecule has 22 heavy (non-hydrogen) atoms. The van der Waals surface area contributed by atoms with Crippen molar-refractivity contribution in [3.8, 4) is 0 Å². The molecule has 0 saturated heterocycles. The molecule has 0 aliphatic heterocycles. The van der Waals surface area contributed by atoms with Crippen molar-refractivity contribution in [3.05, 3.63) is 65.9 Å². The Morgan fingerprint density at radius 2 is 1.82 bits per heavy atom. The molecule has 0 saturated carbocycles. The molecule has 1 aromatic heterocycles. The first-order chi connectivity index (χ1) is 10.6. The molecule has 3 N–H and O–H groups in total. The van der Waals surface area contributed by atoms with Crippen molar-refractivity contribution in [1.82, 2.24) is 10.3 Å². The number of hydrogen-bond donors (Lipinski definition) is 3. The first-order valence-electron chi connectivity index (χ1n) is 7.33. The summed E-state index contributed by atoms with van der Waals surface area (Å²) in [7, 11) is 0. The first kappa shape index (κ1) is 14.2. The van der Waals surface area contributed by atoms with E-state index in [1.54, 1.807) is 0 Å². The van der Waals surface area contributed by atoms with E-state index in [4.69, 9.17) is 0 Å². The van der Waals surface area contributed by atoms with Gasteiger partial charge in [0.25, 0.3) is 0 Å². The molecule has 4 heteroatoms. The summed E-state index contributed by atoms with van der Waals surface area (Å²) < 4.78 is 0. The van der Waals surface area contributed by atoms with Gasteiger partial charge in [-0.1, -0.05) is 35.9 Å². The molecule has 1 atom stereocenters. The van der Waals surface area contributed by atoms with Crippen LogP contribution in [0.1, 0.15) is 24.1 Å². The summed E-state index contributed by atoms with van der Waals surface area (Å²) in [6.45, 7) is 3.99. The number of benzene rings is 2. The fourth-order valence-electron chi connectivity index (χ4n) is 2.53. The normalized spacial score (nSPS) is 12.1. The van der Waals surface area contributed by atoms with Gasteiger partial charge in [0.15, 0.2) is 0 Å². The topological polar surface area (TPSA) is 56.9 Å². The lowest BCUT2D eigenvalue weighted by Gasteiger charge is -2.14. The molecule has 0 aliphatic carbocycles. The lowest BCUT2D eigenvalue weighted by molar-refractivity contribution is 0.249. The maximum absolute atomic E-state index is 12.1. The highest BCUT2D eigenvalue weighted by Crippen LogP contribution is 2.23. The third kappa shape index (κ3) is 2.96. The van der Waals surface area contributed by atoms with Crippen LogP contribution in [0, 0.1) is 6.92 Å². The van der Waals surface area contributed by atoms with Gasteiger partial charge in [-0.15, -0.1) is 0 Å². The summed E-state index contributed by atoms with van der Waals surface area (Å²) in [4.78, 5) is 15.3. The van der Waals surface area contributed by atoms with Crippen LogP contribution in [0.4, 0.5) is 10.5 Å². The maximum Gasteiger partial charge on any atom is 0.319 e. The van der Waals surface area contributed by atoms with Crippen molar-refractivity contribution in [2.75, 3.05) is 5.32 Å². The Hall–Kier alpha value is -2.75. The van der Waals surface area contributed by atoms with Gasteiger partial charge in [0.1, 0.15) is 0 Å². The second kappa shape index (κ2) is 5.93. The Bertz CT molecular complexity index is 789. The molecule has 3 aromatic rings. The number of nitrogens with one attached hydrogen (secondary N) is 3. The third-order valence-electron chi connectivity index (χ3n) is 3.74. The summed E-state index contributed by atoms with van der Waals surface area (Å²) in [6, 6.07) is 15.5. The van der Waals surface area contributed by atoms with Crippen LogP contribution in [0.15, 0.2) is 54.7 Å². The van der Waals surface area contributed by atoms with Crippen molar-refractivity contribution >= 4 is 22.6 Å². The molecule has 4 nitrogen and oxygen atoms in total. The predicted octanol–water partition coefficient (Wildman–Crippen LogP) is 4.36. The summed E-state index contributed by atoms with van der Waals surface area (Å²) in [6.07, 6.45) is 1.95. The minimum Gasteiger partial charge on any atom is -0.361 e. The number of amides is 2. The maximum atomic E-state index is 12.1. The molecule has 112 valence electrons. The molecule has 2 amide bonds. The van der Waals surface area contributed by atoms with Gasteiger partial charge in [0, 0.05) is 22.8 Å². The molecule has 0 spiro atoms. The quantitative estimate of drug-likeness (QED) is 0.660. The van der Waals surface area contributed by atoms with E-state index in [-0.39, 0.29) is 12.1 Å². The number of H-pyrrole nitrogens is 1. The Balaban J connectivity index is 1.69. The molecule has 0 radical (unpaired) electrons. The van der Waals surface area contributed by atoms with Crippen molar-refractivity contribution < 1.29 is 4.79 Å². The highest BCUT2D eigenvalue weighted by molar-refractivity contribution is 5.90. The number of fused-ring (bicyclic) bond motifs is 1. The van der Waals surface area contributed by atoms with E-state index in [2.05, 4.69) is 21.7 Å². The van der Waals surface area contributed by atoms with E-state index in [0.717, 1.165) is 27.7 Å². The molecule has 3 rings (SSSR count). The van der Waals surface area contributed by atoms with Gasteiger partial charge in [0.2, 0.25) is 0 Å². The molecule has 1 heterocycles. The van der Waals surface area contributed by atoms with E-state index in [1.165, 1.54) is 0 Å². The Morgan fingerprint density at radius 1 is 1.09 bits per heavy atom. The van der Waals surface area contributed by atoms with Gasteiger partial charge in [-0.2, -0.15) is 0 Å². The molecule has 1 unspecified atom stereocenters. The van der Waals surface area contributed by atoms with Gasteiger partial charge in [-0.25, -0.2) is 4.79 Å². The second-order valence-corrected chi connectivity index (χ2v) is 5.48. The number of aryl methyl sites for hydroxylation is 1. The number of anilines is 1. The van der Waals surface area contributed by atoms with E-state index in [0.29, 0.717) is 0 Å². The van der Waals surface area contributed by atoms with Gasteiger partial charge in [-0.3, -0.25) is 0 Å². The number of rotatable bonds is 3. The minimum atomic E-state index is -0.207. The SMILES string of the molecule is Cc1ccc(NC(=O)NC(C)c2c[nH]c3ccccc23)cc1. The van der Waals surface area contributed by atoms with Crippen LogP contribution in [0.3, 0.4) is 0 Å². The zero-order valence-corrected chi connectivity index (χ0v) is 12.7. The first-order valence-corrected chi connectivity index (χ1v) is 7.33. The molecular formula is C18H19N3O. The van der Waals surface area contributed by atoms with E-state index >= 15 is 0 Å². The van der Waals surface area contributed by atoms with Gasteiger partial charge in [0.05, 0.1) is 6.04 Å². The van der Waals surface area contributed by atoms with Crippen LogP contribution in [-0.2, 0) is 0 Å². The highest BCUT2D eigenvalue weighted by atomic mass is 16.2. The van der Waals surface area contributed by atoms with Crippen LogP contribution in [0.25, 0.3) is 10.9 Å². The molecule has 0 aliphatic rings. The zero-order valence-electron chi connectivity index (χ0n) is 12.7. The van der Waals surface area contributed by atoms with E-state index < -0.39 is 0 Å². The number of aromatic nitrogens is 1. The standard InChI is InChI=1S/C18H19N3O/c1-12-7-9-14(10-8-12)21-18(22)20-13(2)16-11-19-17-6-4-3-5-15(16)17/h3-11,13,19H,1-2H3,(H2,20,21,22). The van der Waals surface area contributed by atoms with Crippen molar-refractivity contribution in [2.45, 2.75) is 19.9 Å². The average Bonchev–Trinajstić information content (AvgIpc) is 2.93. The van der Waals surface area contributed by atoms with Crippen LogP contribution in [-0.4, -0.2) is 11.0 Å². The van der Waals surface area contributed by atoms with Crippen molar-refractivity contribution in [1.29, 1.82) is 0 Å². The zero-order chi connectivity index (χ0) is 15.5. The number of carbonyl (C=O) groups is 1. The number of hydrogen-bond acceptors (Lipinski definition) is 1. The third-order valence-corrected chi connectivity index (χ3v) is 3.74. The minimum absolute atomic E-state index is 0.0819. The molecule has 2 aromatic carbocycles. The largest absolute Gasteiger partial charge is 0.361 e. The number of aromatic amines is 1. The summed E-state index contributed by atoms with van der Waals surface area (Å²) in [5.41, 5.74) is 4.10. The van der Waals surface area contributed by atoms with Crippen LogP contribution in [0.5, 0.6) is 0 Å². The number of carbonyl (C=O) groups excluding carboxylic acids is 1. The molecular weight excluding hydrogens is 274 g/mol. The molecule has 0 fully saturated rings. The highest BCUT2D eigenvalue weighted by Gasteiger charge is 2.13.